The lowest BCUT2D eigenvalue weighted by Gasteiger charge is -2.15. The van der Waals surface area contributed by atoms with Crippen LogP contribution in [0.3, 0.4) is 0 Å². The van der Waals surface area contributed by atoms with Gasteiger partial charge in [-0.2, -0.15) is 0 Å². The Labute approximate surface area is 158 Å². The van der Waals surface area contributed by atoms with Gasteiger partial charge in [0.25, 0.3) is 5.91 Å². The minimum absolute atomic E-state index is 0.119. The molecule has 0 aliphatic heterocycles. The maximum Gasteiger partial charge on any atom is 0.259 e. The summed E-state index contributed by atoms with van der Waals surface area (Å²) in [4.78, 5) is 15.9. The Morgan fingerprint density at radius 2 is 2.04 bits per heavy atom. The van der Waals surface area contributed by atoms with Crippen molar-refractivity contribution in [3.05, 3.63) is 60.3 Å². The number of fused-ring (bicyclic) bond motifs is 1. The van der Waals surface area contributed by atoms with Crippen molar-refractivity contribution < 1.29 is 14.6 Å². The summed E-state index contributed by atoms with van der Waals surface area (Å²) in [6, 6.07) is 14.7. The number of aromatic nitrogens is 1. The van der Waals surface area contributed by atoms with Gasteiger partial charge in [-0.05, 0) is 43.3 Å². The molecule has 0 radical (unpaired) electrons. The van der Waals surface area contributed by atoms with E-state index in [2.05, 4.69) is 22.5 Å². The summed E-state index contributed by atoms with van der Waals surface area (Å²) in [5.74, 6) is 0.198. The number of para-hydroxylation sites is 1. The Morgan fingerprint density at radius 3 is 2.89 bits per heavy atom. The lowest BCUT2D eigenvalue weighted by molar-refractivity contribution is 0.0981. The number of rotatable bonds is 9. The first-order chi connectivity index (χ1) is 13.2. The van der Waals surface area contributed by atoms with Crippen molar-refractivity contribution in [2.24, 2.45) is 0 Å². The fraction of sp³-hybridized carbons (Fsp3) is 0.286. The number of carbonyl (C=O) groups is 1. The number of hydrogen-bond donors (Lipinski definition) is 4. The third-order valence-electron chi connectivity index (χ3n) is 4.21. The van der Waals surface area contributed by atoms with Gasteiger partial charge in [0.05, 0.1) is 11.3 Å². The van der Waals surface area contributed by atoms with Crippen LogP contribution in [0.25, 0.3) is 10.9 Å². The van der Waals surface area contributed by atoms with E-state index in [4.69, 9.17) is 4.74 Å². The van der Waals surface area contributed by atoms with Crippen molar-refractivity contribution in [3.63, 3.8) is 0 Å². The Balaban J connectivity index is 1.68. The van der Waals surface area contributed by atoms with Crippen LogP contribution >= 0.6 is 0 Å². The highest BCUT2D eigenvalue weighted by molar-refractivity contribution is 6.10. The number of benzene rings is 2. The van der Waals surface area contributed by atoms with Crippen molar-refractivity contribution in [3.8, 4) is 5.75 Å². The van der Waals surface area contributed by atoms with Crippen LogP contribution in [0.2, 0.25) is 0 Å². The second kappa shape index (κ2) is 9.21. The van der Waals surface area contributed by atoms with Gasteiger partial charge in [0.2, 0.25) is 0 Å². The topological polar surface area (TPSA) is 86.4 Å². The SMILES string of the molecule is CCCNCC(O)COc1ccccc1C(=O)Nc1cccc2[nH]ccc12. The van der Waals surface area contributed by atoms with Gasteiger partial charge in [0.15, 0.2) is 0 Å². The smallest absolute Gasteiger partial charge is 0.259 e. The second-order valence-corrected chi connectivity index (χ2v) is 6.36. The highest BCUT2D eigenvalue weighted by Gasteiger charge is 2.15. The number of nitrogens with one attached hydrogen (secondary N) is 3. The summed E-state index contributed by atoms with van der Waals surface area (Å²) < 4.78 is 5.70. The van der Waals surface area contributed by atoms with Crippen LogP contribution in [0.5, 0.6) is 5.75 Å². The van der Waals surface area contributed by atoms with Crippen molar-refractivity contribution >= 4 is 22.5 Å². The summed E-state index contributed by atoms with van der Waals surface area (Å²) in [6.07, 6.45) is 2.21. The zero-order valence-corrected chi connectivity index (χ0v) is 15.4. The lowest BCUT2D eigenvalue weighted by Crippen LogP contribution is -2.32. The van der Waals surface area contributed by atoms with Crippen LogP contribution in [0.1, 0.15) is 23.7 Å². The van der Waals surface area contributed by atoms with Crippen LogP contribution in [-0.4, -0.2) is 41.8 Å². The molecule has 0 fully saturated rings. The molecule has 0 aliphatic rings. The molecule has 1 amide bonds. The van der Waals surface area contributed by atoms with E-state index < -0.39 is 6.10 Å². The number of aromatic amines is 1. The molecule has 1 atom stereocenters. The molecule has 0 saturated carbocycles. The van der Waals surface area contributed by atoms with Gasteiger partial charge in [0, 0.05) is 23.6 Å². The third kappa shape index (κ3) is 4.87. The van der Waals surface area contributed by atoms with Gasteiger partial charge >= 0.3 is 0 Å². The molecule has 1 unspecified atom stereocenters. The zero-order valence-electron chi connectivity index (χ0n) is 15.4. The number of anilines is 1. The summed E-state index contributed by atoms with van der Waals surface area (Å²) in [7, 11) is 0. The van der Waals surface area contributed by atoms with Gasteiger partial charge < -0.3 is 25.5 Å². The van der Waals surface area contributed by atoms with Crippen molar-refractivity contribution in [2.75, 3.05) is 25.0 Å². The molecule has 4 N–H and O–H groups in total. The normalized spacial score (nSPS) is 12.1. The van der Waals surface area contributed by atoms with Crippen molar-refractivity contribution in [2.45, 2.75) is 19.4 Å². The van der Waals surface area contributed by atoms with Crippen LogP contribution in [0, 0.1) is 0 Å². The molecular weight excluding hydrogens is 342 g/mol. The molecule has 0 saturated heterocycles. The lowest BCUT2D eigenvalue weighted by atomic mass is 10.1. The molecule has 1 aromatic heterocycles. The first kappa shape index (κ1) is 18.9. The van der Waals surface area contributed by atoms with Gasteiger partial charge in [0.1, 0.15) is 18.5 Å². The molecule has 142 valence electrons. The number of H-pyrrole nitrogens is 1. The van der Waals surface area contributed by atoms with E-state index in [0.29, 0.717) is 17.9 Å². The predicted octanol–water partition coefficient (Wildman–Crippen LogP) is 3.16. The van der Waals surface area contributed by atoms with Crippen molar-refractivity contribution in [1.82, 2.24) is 10.3 Å². The molecular formula is C21H25N3O3. The summed E-state index contributed by atoms with van der Waals surface area (Å²) in [5, 5.41) is 17.0. The van der Waals surface area contributed by atoms with E-state index >= 15 is 0 Å². The number of ether oxygens (including phenoxy) is 1. The van der Waals surface area contributed by atoms with Crippen LogP contribution in [0.15, 0.2) is 54.7 Å². The number of hydrogen-bond acceptors (Lipinski definition) is 4. The van der Waals surface area contributed by atoms with Crippen LogP contribution in [0.4, 0.5) is 5.69 Å². The van der Waals surface area contributed by atoms with Crippen LogP contribution in [-0.2, 0) is 0 Å². The largest absolute Gasteiger partial charge is 0.490 e. The molecule has 0 spiro atoms. The van der Waals surface area contributed by atoms with E-state index in [1.165, 1.54) is 0 Å². The third-order valence-corrected chi connectivity index (χ3v) is 4.21. The highest BCUT2D eigenvalue weighted by atomic mass is 16.5. The molecule has 27 heavy (non-hydrogen) atoms. The zero-order chi connectivity index (χ0) is 19.1. The Hall–Kier alpha value is -2.83. The van der Waals surface area contributed by atoms with E-state index in [-0.39, 0.29) is 12.5 Å². The maximum absolute atomic E-state index is 12.8. The van der Waals surface area contributed by atoms with Gasteiger partial charge in [-0.25, -0.2) is 0 Å². The second-order valence-electron chi connectivity index (χ2n) is 6.36. The molecule has 3 rings (SSSR count). The average Bonchev–Trinajstić information content (AvgIpc) is 3.17. The first-order valence-electron chi connectivity index (χ1n) is 9.17. The molecule has 6 heteroatoms. The predicted molar refractivity (Wildman–Crippen MR) is 107 cm³/mol. The Kier molecular flexibility index (Phi) is 6.46. The monoisotopic (exact) mass is 367 g/mol. The number of aliphatic hydroxyl groups is 1. The van der Waals surface area contributed by atoms with Crippen LogP contribution < -0.4 is 15.4 Å². The Morgan fingerprint density at radius 1 is 1.19 bits per heavy atom. The quantitative estimate of drug-likeness (QED) is 0.438. The summed E-state index contributed by atoms with van der Waals surface area (Å²) in [6.45, 7) is 3.49. The number of carbonyl (C=O) groups excluding carboxylic acids is 1. The van der Waals surface area contributed by atoms with E-state index in [9.17, 15) is 9.90 Å². The molecule has 0 bridgehead atoms. The number of aliphatic hydroxyl groups excluding tert-OH is 1. The van der Waals surface area contributed by atoms with E-state index in [1.807, 2.05) is 30.5 Å². The molecule has 0 aliphatic carbocycles. The number of amides is 1. The molecule has 3 aromatic rings. The van der Waals surface area contributed by atoms with Gasteiger partial charge in [-0.15, -0.1) is 0 Å². The molecule has 6 nitrogen and oxygen atoms in total. The van der Waals surface area contributed by atoms with E-state index in [0.717, 1.165) is 29.6 Å². The first-order valence-corrected chi connectivity index (χ1v) is 9.17. The average molecular weight is 367 g/mol. The fourth-order valence-electron chi connectivity index (χ4n) is 2.85. The Bertz CT molecular complexity index is 891. The fourth-order valence-corrected chi connectivity index (χ4v) is 2.85. The minimum Gasteiger partial charge on any atom is -0.490 e. The summed E-state index contributed by atoms with van der Waals surface area (Å²) >= 11 is 0. The highest BCUT2D eigenvalue weighted by Crippen LogP contribution is 2.25. The minimum atomic E-state index is -0.638. The van der Waals surface area contributed by atoms with E-state index in [1.54, 1.807) is 24.3 Å². The van der Waals surface area contributed by atoms with Gasteiger partial charge in [-0.3, -0.25) is 4.79 Å². The standard InChI is InChI=1S/C21H25N3O3/c1-2-11-22-13-15(25)14-27-20-9-4-3-6-17(20)21(26)24-19-8-5-7-18-16(19)10-12-23-18/h3-10,12,15,22-23,25H,2,11,13-14H2,1H3,(H,24,26). The van der Waals surface area contributed by atoms with Crippen molar-refractivity contribution in [1.29, 1.82) is 0 Å². The van der Waals surface area contributed by atoms with Gasteiger partial charge in [-0.1, -0.05) is 25.1 Å². The molecule has 2 aromatic carbocycles. The maximum atomic E-state index is 12.8. The summed E-state index contributed by atoms with van der Waals surface area (Å²) in [5.41, 5.74) is 2.12. The molecule has 1 heterocycles.